The quantitative estimate of drug-likeness (QED) is 0.763. The van der Waals surface area contributed by atoms with E-state index in [0.717, 1.165) is 39.0 Å². The zero-order valence-corrected chi connectivity index (χ0v) is 12.5. The molecule has 0 saturated carbocycles. The Morgan fingerprint density at radius 2 is 2.10 bits per heavy atom. The molecular formula is C16H25N3O. The van der Waals surface area contributed by atoms with Crippen LogP contribution in [0.25, 0.3) is 0 Å². The maximum Gasteiger partial charge on any atom is 0.239 e. The van der Waals surface area contributed by atoms with E-state index in [2.05, 4.69) is 41.5 Å². The van der Waals surface area contributed by atoms with E-state index in [9.17, 15) is 4.79 Å². The second-order valence-corrected chi connectivity index (χ2v) is 5.63. The summed E-state index contributed by atoms with van der Waals surface area (Å²) in [6.45, 7) is 3.80. The van der Waals surface area contributed by atoms with Gasteiger partial charge in [0.05, 0.1) is 6.04 Å². The highest BCUT2D eigenvalue weighted by molar-refractivity contribution is 5.83. The number of benzene rings is 1. The Bertz CT molecular complexity index is 421. The molecule has 1 atom stereocenters. The van der Waals surface area contributed by atoms with Crippen molar-refractivity contribution >= 4 is 5.91 Å². The van der Waals surface area contributed by atoms with Gasteiger partial charge in [0.25, 0.3) is 0 Å². The third kappa shape index (κ3) is 4.32. The van der Waals surface area contributed by atoms with Gasteiger partial charge < -0.3 is 15.1 Å². The number of hydrogen-bond acceptors (Lipinski definition) is 3. The highest BCUT2D eigenvalue weighted by atomic mass is 16.2. The summed E-state index contributed by atoms with van der Waals surface area (Å²) in [5.74, 6) is 0.239. The third-order valence-corrected chi connectivity index (χ3v) is 3.83. The number of amides is 1. The van der Waals surface area contributed by atoms with Gasteiger partial charge in [0, 0.05) is 20.1 Å². The van der Waals surface area contributed by atoms with Crippen LogP contribution in [-0.2, 0) is 11.3 Å². The summed E-state index contributed by atoms with van der Waals surface area (Å²) in [7, 11) is 4.01. The molecule has 2 rings (SSSR count). The van der Waals surface area contributed by atoms with E-state index >= 15 is 0 Å². The molecule has 1 aliphatic heterocycles. The number of carbonyl (C=O) groups is 1. The number of nitrogens with one attached hydrogen (secondary N) is 1. The average Bonchev–Trinajstić information content (AvgIpc) is 2.76. The largest absolute Gasteiger partial charge is 0.344 e. The Morgan fingerprint density at radius 3 is 2.75 bits per heavy atom. The molecule has 4 heteroatoms. The Balaban J connectivity index is 1.60. The van der Waals surface area contributed by atoms with Crippen LogP contribution in [0.4, 0.5) is 0 Å². The van der Waals surface area contributed by atoms with Gasteiger partial charge >= 0.3 is 0 Å². The van der Waals surface area contributed by atoms with Crippen LogP contribution in [-0.4, -0.2) is 55.5 Å². The summed E-state index contributed by atoms with van der Waals surface area (Å²) in [5.41, 5.74) is 1.34. The fourth-order valence-corrected chi connectivity index (χ4v) is 2.61. The molecule has 1 N–H and O–H groups in total. The first-order valence-corrected chi connectivity index (χ1v) is 7.37. The second-order valence-electron chi connectivity index (χ2n) is 5.63. The SMILES string of the molecule is CN(CCCNC1CCN(C)C1=O)Cc1ccccc1. The van der Waals surface area contributed by atoms with Crippen molar-refractivity contribution in [1.29, 1.82) is 0 Å². The first-order valence-electron chi connectivity index (χ1n) is 7.37. The Hall–Kier alpha value is -1.39. The summed E-state index contributed by atoms with van der Waals surface area (Å²) in [5, 5.41) is 3.36. The zero-order chi connectivity index (χ0) is 14.4. The first kappa shape index (κ1) is 15.0. The molecule has 1 fully saturated rings. The molecule has 0 bridgehead atoms. The fraction of sp³-hybridized carbons (Fsp3) is 0.562. The molecule has 0 aliphatic carbocycles. The molecular weight excluding hydrogens is 250 g/mol. The van der Waals surface area contributed by atoms with Crippen LogP contribution in [0, 0.1) is 0 Å². The number of nitrogens with zero attached hydrogens (tertiary/aromatic N) is 2. The van der Waals surface area contributed by atoms with Crippen LogP contribution in [0.2, 0.25) is 0 Å². The summed E-state index contributed by atoms with van der Waals surface area (Å²) < 4.78 is 0. The summed E-state index contributed by atoms with van der Waals surface area (Å²) >= 11 is 0. The second kappa shape index (κ2) is 7.41. The summed E-state index contributed by atoms with van der Waals surface area (Å²) in [6, 6.07) is 10.5. The van der Waals surface area contributed by atoms with Crippen LogP contribution in [0.3, 0.4) is 0 Å². The summed E-state index contributed by atoms with van der Waals surface area (Å²) in [4.78, 5) is 15.9. The van der Waals surface area contributed by atoms with Crippen molar-refractivity contribution in [2.75, 3.05) is 33.7 Å². The maximum atomic E-state index is 11.7. The molecule has 0 aromatic heterocycles. The fourth-order valence-electron chi connectivity index (χ4n) is 2.61. The Kier molecular flexibility index (Phi) is 5.56. The molecule has 1 aromatic carbocycles. The number of hydrogen-bond donors (Lipinski definition) is 1. The third-order valence-electron chi connectivity index (χ3n) is 3.83. The molecule has 4 nitrogen and oxygen atoms in total. The summed E-state index contributed by atoms with van der Waals surface area (Å²) in [6.07, 6.45) is 2.01. The molecule has 20 heavy (non-hydrogen) atoms. The van der Waals surface area contributed by atoms with Crippen LogP contribution in [0.1, 0.15) is 18.4 Å². The number of likely N-dealkylation sites (N-methyl/N-ethyl adjacent to an activating group) is 1. The van der Waals surface area contributed by atoms with Crippen molar-refractivity contribution in [2.45, 2.75) is 25.4 Å². The van der Waals surface area contributed by atoms with E-state index in [0.29, 0.717) is 0 Å². The zero-order valence-electron chi connectivity index (χ0n) is 12.5. The normalized spacial score (nSPS) is 19.1. The minimum Gasteiger partial charge on any atom is -0.344 e. The molecule has 1 unspecified atom stereocenters. The molecule has 1 saturated heterocycles. The lowest BCUT2D eigenvalue weighted by atomic mass is 10.2. The molecule has 1 heterocycles. The number of carbonyl (C=O) groups excluding carboxylic acids is 1. The standard InChI is InChI=1S/C16H25N3O/c1-18(13-14-7-4-3-5-8-14)11-6-10-17-15-9-12-19(2)16(15)20/h3-5,7-8,15,17H,6,9-13H2,1-2H3. The molecule has 1 aliphatic rings. The predicted octanol–water partition coefficient (Wildman–Crippen LogP) is 1.33. The smallest absolute Gasteiger partial charge is 0.239 e. The van der Waals surface area contributed by atoms with Crippen LogP contribution < -0.4 is 5.32 Å². The van der Waals surface area contributed by atoms with Crippen LogP contribution in [0.15, 0.2) is 30.3 Å². The van der Waals surface area contributed by atoms with Gasteiger partial charge in [-0.15, -0.1) is 0 Å². The lowest BCUT2D eigenvalue weighted by Gasteiger charge is -2.17. The average molecular weight is 275 g/mol. The first-order chi connectivity index (χ1) is 9.66. The van der Waals surface area contributed by atoms with E-state index < -0.39 is 0 Å². The van der Waals surface area contributed by atoms with Crippen molar-refractivity contribution < 1.29 is 4.79 Å². The van der Waals surface area contributed by atoms with Crippen LogP contribution in [0.5, 0.6) is 0 Å². The minimum atomic E-state index is 0.0411. The van der Waals surface area contributed by atoms with E-state index in [1.54, 1.807) is 4.90 Å². The van der Waals surface area contributed by atoms with Crippen molar-refractivity contribution in [3.8, 4) is 0 Å². The minimum absolute atomic E-state index is 0.0411. The van der Waals surface area contributed by atoms with Crippen molar-refractivity contribution in [1.82, 2.24) is 15.1 Å². The highest BCUT2D eigenvalue weighted by Crippen LogP contribution is 2.08. The monoisotopic (exact) mass is 275 g/mol. The number of rotatable bonds is 7. The van der Waals surface area contributed by atoms with Gasteiger partial charge in [-0.05, 0) is 38.5 Å². The van der Waals surface area contributed by atoms with Crippen molar-refractivity contribution in [2.24, 2.45) is 0 Å². The van der Waals surface area contributed by atoms with E-state index in [-0.39, 0.29) is 11.9 Å². The van der Waals surface area contributed by atoms with Gasteiger partial charge in [-0.3, -0.25) is 4.79 Å². The molecule has 110 valence electrons. The van der Waals surface area contributed by atoms with Gasteiger partial charge in [-0.2, -0.15) is 0 Å². The van der Waals surface area contributed by atoms with Crippen LogP contribution >= 0.6 is 0 Å². The van der Waals surface area contributed by atoms with E-state index in [4.69, 9.17) is 0 Å². The predicted molar refractivity (Wildman–Crippen MR) is 81.4 cm³/mol. The molecule has 1 amide bonds. The Morgan fingerprint density at radius 1 is 1.35 bits per heavy atom. The highest BCUT2D eigenvalue weighted by Gasteiger charge is 2.27. The molecule has 0 spiro atoms. The van der Waals surface area contributed by atoms with E-state index in [1.165, 1.54) is 5.56 Å². The number of likely N-dealkylation sites (tertiary alicyclic amines) is 1. The van der Waals surface area contributed by atoms with Crippen molar-refractivity contribution in [3.05, 3.63) is 35.9 Å². The topological polar surface area (TPSA) is 35.6 Å². The van der Waals surface area contributed by atoms with Gasteiger partial charge in [-0.1, -0.05) is 30.3 Å². The molecule has 1 aromatic rings. The lowest BCUT2D eigenvalue weighted by molar-refractivity contribution is -0.128. The van der Waals surface area contributed by atoms with Gasteiger partial charge in [0.2, 0.25) is 5.91 Å². The van der Waals surface area contributed by atoms with Gasteiger partial charge in [0.15, 0.2) is 0 Å². The lowest BCUT2D eigenvalue weighted by Crippen LogP contribution is -2.38. The van der Waals surface area contributed by atoms with Gasteiger partial charge in [-0.25, -0.2) is 0 Å². The Labute approximate surface area is 121 Å². The van der Waals surface area contributed by atoms with Gasteiger partial charge in [0.1, 0.15) is 0 Å². The molecule has 0 radical (unpaired) electrons. The maximum absolute atomic E-state index is 11.7. The van der Waals surface area contributed by atoms with Crippen molar-refractivity contribution in [3.63, 3.8) is 0 Å². The van der Waals surface area contributed by atoms with E-state index in [1.807, 2.05) is 13.1 Å².